The van der Waals surface area contributed by atoms with Crippen molar-refractivity contribution in [2.75, 3.05) is 5.75 Å². The maximum absolute atomic E-state index is 13.4. The van der Waals surface area contributed by atoms with Gasteiger partial charge in [-0.3, -0.25) is 4.79 Å². The first-order valence-corrected chi connectivity index (χ1v) is 11.2. The zero-order valence-electron chi connectivity index (χ0n) is 16.0. The van der Waals surface area contributed by atoms with Gasteiger partial charge in [-0.2, -0.15) is 0 Å². The molecule has 0 N–H and O–H groups in total. The summed E-state index contributed by atoms with van der Waals surface area (Å²) in [5, 5.41) is -0.0653. The SMILES string of the molecule is CC(C)OC(=O)C1CSC(CCc2ccccc2)N1C(=O)c1ccccc1Br. The largest absolute Gasteiger partial charge is 0.461 e. The first-order chi connectivity index (χ1) is 13.5. The minimum Gasteiger partial charge on any atom is -0.461 e. The van der Waals surface area contributed by atoms with E-state index >= 15 is 0 Å². The average molecular weight is 462 g/mol. The molecular weight excluding hydrogens is 438 g/mol. The third-order valence-corrected chi connectivity index (χ3v) is 6.63. The van der Waals surface area contributed by atoms with E-state index in [0.717, 1.165) is 17.3 Å². The molecule has 0 bridgehead atoms. The highest BCUT2D eigenvalue weighted by atomic mass is 79.9. The Bertz CT molecular complexity index is 828. The highest BCUT2D eigenvalue weighted by Gasteiger charge is 2.43. The van der Waals surface area contributed by atoms with Crippen molar-refractivity contribution in [2.24, 2.45) is 0 Å². The van der Waals surface area contributed by atoms with Crippen LogP contribution in [-0.4, -0.2) is 40.0 Å². The first kappa shape index (κ1) is 20.9. The van der Waals surface area contributed by atoms with E-state index in [2.05, 4.69) is 28.1 Å². The molecule has 2 atom stereocenters. The Labute approximate surface area is 178 Å². The molecule has 0 spiro atoms. The van der Waals surface area contributed by atoms with Crippen LogP contribution in [0.4, 0.5) is 0 Å². The van der Waals surface area contributed by atoms with E-state index in [1.165, 1.54) is 5.56 Å². The molecule has 2 aromatic rings. The Morgan fingerprint density at radius 2 is 1.82 bits per heavy atom. The number of aryl methyl sites for hydroxylation is 1. The summed E-state index contributed by atoms with van der Waals surface area (Å²) in [6.07, 6.45) is 1.43. The molecule has 0 saturated carbocycles. The average Bonchev–Trinajstić information content (AvgIpc) is 3.10. The number of rotatable bonds is 6. The summed E-state index contributed by atoms with van der Waals surface area (Å²) in [4.78, 5) is 27.8. The number of nitrogens with zero attached hydrogens (tertiary/aromatic N) is 1. The zero-order valence-corrected chi connectivity index (χ0v) is 18.4. The van der Waals surface area contributed by atoms with Gasteiger partial charge in [0.2, 0.25) is 0 Å². The minimum atomic E-state index is -0.562. The number of hydrogen-bond donors (Lipinski definition) is 0. The molecule has 1 heterocycles. The minimum absolute atomic E-state index is 0.0653. The number of carbonyl (C=O) groups is 2. The molecule has 4 nitrogen and oxygen atoms in total. The molecule has 1 aliphatic heterocycles. The summed E-state index contributed by atoms with van der Waals surface area (Å²) in [6.45, 7) is 3.65. The van der Waals surface area contributed by atoms with Crippen molar-refractivity contribution in [3.63, 3.8) is 0 Å². The number of benzene rings is 2. The Balaban J connectivity index is 1.83. The van der Waals surface area contributed by atoms with Gasteiger partial charge in [-0.25, -0.2) is 4.79 Å². The van der Waals surface area contributed by atoms with Crippen LogP contribution in [0.2, 0.25) is 0 Å². The lowest BCUT2D eigenvalue weighted by atomic mass is 10.1. The first-order valence-electron chi connectivity index (χ1n) is 9.40. The number of hydrogen-bond acceptors (Lipinski definition) is 4. The van der Waals surface area contributed by atoms with Crippen LogP contribution < -0.4 is 0 Å². The smallest absolute Gasteiger partial charge is 0.330 e. The highest BCUT2D eigenvalue weighted by molar-refractivity contribution is 9.10. The molecule has 1 aliphatic rings. The van der Waals surface area contributed by atoms with Gasteiger partial charge >= 0.3 is 5.97 Å². The Morgan fingerprint density at radius 3 is 2.50 bits per heavy atom. The van der Waals surface area contributed by atoms with Gasteiger partial charge in [0.15, 0.2) is 0 Å². The molecule has 0 radical (unpaired) electrons. The molecule has 0 aliphatic carbocycles. The number of ether oxygens (including phenoxy) is 1. The van der Waals surface area contributed by atoms with Gasteiger partial charge in [-0.15, -0.1) is 11.8 Å². The van der Waals surface area contributed by atoms with E-state index in [-0.39, 0.29) is 23.4 Å². The van der Waals surface area contributed by atoms with Gasteiger partial charge in [0.25, 0.3) is 5.91 Å². The number of halogens is 1. The number of amides is 1. The van der Waals surface area contributed by atoms with E-state index in [9.17, 15) is 9.59 Å². The Morgan fingerprint density at radius 1 is 1.14 bits per heavy atom. The van der Waals surface area contributed by atoms with Crippen molar-refractivity contribution < 1.29 is 14.3 Å². The second-order valence-electron chi connectivity index (χ2n) is 7.01. The van der Waals surface area contributed by atoms with E-state index in [1.807, 2.05) is 50.2 Å². The van der Waals surface area contributed by atoms with Crippen LogP contribution in [0, 0.1) is 0 Å². The molecular formula is C22H24BrNO3S. The van der Waals surface area contributed by atoms with Gasteiger partial charge in [0, 0.05) is 10.2 Å². The van der Waals surface area contributed by atoms with E-state index in [0.29, 0.717) is 11.3 Å². The summed E-state index contributed by atoms with van der Waals surface area (Å²) in [5.41, 5.74) is 1.79. The van der Waals surface area contributed by atoms with Gasteiger partial charge < -0.3 is 9.64 Å². The second kappa shape index (κ2) is 9.61. The number of esters is 1. The third kappa shape index (κ3) is 4.97. The topological polar surface area (TPSA) is 46.6 Å². The van der Waals surface area contributed by atoms with Gasteiger partial charge in [0.1, 0.15) is 6.04 Å². The highest BCUT2D eigenvalue weighted by Crippen LogP contribution is 2.35. The molecule has 1 saturated heterocycles. The van der Waals surface area contributed by atoms with Crippen molar-refractivity contribution in [1.29, 1.82) is 0 Å². The van der Waals surface area contributed by atoms with E-state index < -0.39 is 6.04 Å². The lowest BCUT2D eigenvalue weighted by Crippen LogP contribution is -2.47. The van der Waals surface area contributed by atoms with Crippen molar-refractivity contribution in [3.8, 4) is 0 Å². The number of carbonyl (C=O) groups excluding carboxylic acids is 2. The summed E-state index contributed by atoms with van der Waals surface area (Å²) >= 11 is 5.12. The van der Waals surface area contributed by atoms with Crippen molar-refractivity contribution in [2.45, 2.75) is 44.2 Å². The van der Waals surface area contributed by atoms with Crippen LogP contribution in [0.3, 0.4) is 0 Å². The predicted octanol–water partition coefficient (Wildman–Crippen LogP) is 4.92. The number of thioether (sulfide) groups is 1. The Hall–Kier alpha value is -1.79. The predicted molar refractivity (Wildman–Crippen MR) is 116 cm³/mol. The fourth-order valence-corrected chi connectivity index (χ4v) is 5.10. The van der Waals surface area contributed by atoms with Crippen molar-refractivity contribution >= 4 is 39.6 Å². The molecule has 1 amide bonds. The third-order valence-electron chi connectivity index (χ3n) is 4.58. The molecule has 0 aromatic heterocycles. The molecule has 28 heavy (non-hydrogen) atoms. The molecule has 2 aromatic carbocycles. The van der Waals surface area contributed by atoms with Crippen LogP contribution in [0.25, 0.3) is 0 Å². The molecule has 6 heteroatoms. The standard InChI is InChI=1S/C22H24BrNO3S/c1-15(2)27-22(26)19-14-28-20(13-12-16-8-4-3-5-9-16)24(19)21(25)17-10-6-7-11-18(17)23/h3-11,15,19-20H,12-14H2,1-2H3. The van der Waals surface area contributed by atoms with Crippen LogP contribution in [-0.2, 0) is 16.0 Å². The van der Waals surface area contributed by atoms with Gasteiger partial charge in [0.05, 0.1) is 17.0 Å². The fraction of sp³-hybridized carbons (Fsp3) is 0.364. The summed E-state index contributed by atoms with van der Waals surface area (Å²) in [7, 11) is 0. The van der Waals surface area contributed by atoms with Crippen molar-refractivity contribution in [1.82, 2.24) is 4.90 Å². The second-order valence-corrected chi connectivity index (χ2v) is 9.07. The van der Waals surface area contributed by atoms with Gasteiger partial charge in [-0.1, -0.05) is 42.5 Å². The van der Waals surface area contributed by atoms with Crippen LogP contribution in [0.1, 0.15) is 36.2 Å². The molecule has 2 unspecified atom stereocenters. The lowest BCUT2D eigenvalue weighted by Gasteiger charge is -2.29. The van der Waals surface area contributed by atoms with Crippen LogP contribution in [0.5, 0.6) is 0 Å². The van der Waals surface area contributed by atoms with Gasteiger partial charge in [-0.05, 0) is 60.3 Å². The van der Waals surface area contributed by atoms with Crippen LogP contribution >= 0.6 is 27.7 Å². The fourth-order valence-electron chi connectivity index (χ4n) is 3.26. The van der Waals surface area contributed by atoms with E-state index in [1.54, 1.807) is 22.7 Å². The maximum atomic E-state index is 13.4. The monoisotopic (exact) mass is 461 g/mol. The van der Waals surface area contributed by atoms with E-state index in [4.69, 9.17) is 4.74 Å². The summed E-state index contributed by atoms with van der Waals surface area (Å²) < 4.78 is 6.17. The lowest BCUT2D eigenvalue weighted by molar-refractivity contribution is -0.151. The zero-order chi connectivity index (χ0) is 20.1. The molecule has 3 rings (SSSR count). The normalized spacial score (nSPS) is 19.1. The quantitative estimate of drug-likeness (QED) is 0.572. The Kier molecular flexibility index (Phi) is 7.18. The summed E-state index contributed by atoms with van der Waals surface area (Å²) in [5.74, 6) is 0.0904. The molecule has 148 valence electrons. The van der Waals surface area contributed by atoms with Crippen LogP contribution in [0.15, 0.2) is 59.1 Å². The summed E-state index contributed by atoms with van der Waals surface area (Å²) in [6, 6.07) is 17.0. The maximum Gasteiger partial charge on any atom is 0.330 e. The molecule has 1 fully saturated rings. The van der Waals surface area contributed by atoms with Crippen molar-refractivity contribution in [3.05, 3.63) is 70.2 Å².